The Kier molecular flexibility index (Phi) is 11.8. The van der Waals surface area contributed by atoms with Crippen molar-refractivity contribution in [3.8, 4) is 23.0 Å². The number of amides is 5. The van der Waals surface area contributed by atoms with Gasteiger partial charge in [0.15, 0.2) is 0 Å². The Hall–Kier alpha value is -7.09. The molecular formula is C49H50FN9O6. The van der Waals surface area contributed by atoms with E-state index < -0.39 is 29.7 Å². The van der Waals surface area contributed by atoms with Gasteiger partial charge in [-0.2, -0.15) is 0 Å². The Morgan fingerprint density at radius 3 is 2.43 bits per heavy atom. The van der Waals surface area contributed by atoms with E-state index in [1.165, 1.54) is 11.6 Å². The number of aromatic nitrogens is 2. The number of carbonyl (C=O) groups is 5. The average Bonchev–Trinajstić information content (AvgIpc) is 3.98. The van der Waals surface area contributed by atoms with Crippen LogP contribution >= 0.6 is 0 Å². The molecule has 4 N–H and O–H groups in total. The highest BCUT2D eigenvalue weighted by atomic mass is 19.1. The first-order valence-electron chi connectivity index (χ1n) is 22.1. The third-order valence-corrected chi connectivity index (χ3v) is 13.1. The van der Waals surface area contributed by atoms with Gasteiger partial charge in [-0.15, -0.1) is 0 Å². The zero-order chi connectivity index (χ0) is 45.5. The molecule has 5 amide bonds. The van der Waals surface area contributed by atoms with Crippen LogP contribution in [-0.2, 0) is 32.6 Å². The van der Waals surface area contributed by atoms with E-state index in [9.17, 15) is 28.8 Å². The molecule has 3 saturated heterocycles. The van der Waals surface area contributed by atoms with Gasteiger partial charge in [0.1, 0.15) is 17.9 Å². The topological polar surface area (TPSA) is 170 Å². The summed E-state index contributed by atoms with van der Waals surface area (Å²) in [5.74, 6) is 4.83. The van der Waals surface area contributed by atoms with Crippen LogP contribution in [0.2, 0.25) is 0 Å². The molecule has 0 spiro atoms. The monoisotopic (exact) mass is 879 g/mol. The van der Waals surface area contributed by atoms with Crippen LogP contribution in [0, 0.1) is 23.6 Å². The third kappa shape index (κ3) is 8.29. The van der Waals surface area contributed by atoms with E-state index in [0.29, 0.717) is 58.7 Å². The van der Waals surface area contributed by atoms with E-state index in [-0.39, 0.29) is 53.3 Å². The van der Waals surface area contributed by atoms with Crippen molar-refractivity contribution in [2.75, 3.05) is 55.5 Å². The number of benzene rings is 4. The summed E-state index contributed by atoms with van der Waals surface area (Å²) in [5.41, 5.74) is 8.81. The lowest BCUT2D eigenvalue weighted by atomic mass is 9.92. The van der Waals surface area contributed by atoms with Crippen LogP contribution in [-0.4, -0.2) is 83.8 Å². The predicted molar refractivity (Wildman–Crippen MR) is 245 cm³/mol. The second-order valence-electron chi connectivity index (χ2n) is 17.1. The molecule has 9 rings (SSSR count). The lowest BCUT2D eigenvalue weighted by molar-refractivity contribution is -0.135. The van der Waals surface area contributed by atoms with Crippen LogP contribution in [0.1, 0.15) is 77.7 Å². The summed E-state index contributed by atoms with van der Waals surface area (Å²) in [5, 5.41) is 9.40. The molecule has 5 aromatic rings. The van der Waals surface area contributed by atoms with Crippen molar-refractivity contribution < 1.29 is 28.4 Å². The molecule has 2 atom stereocenters. The van der Waals surface area contributed by atoms with Crippen LogP contribution < -0.4 is 37.0 Å². The largest absolute Gasteiger partial charge is 0.355 e. The molecule has 4 aromatic carbocycles. The number of likely N-dealkylation sites (tertiary alicyclic amines) is 1. The van der Waals surface area contributed by atoms with Gasteiger partial charge in [-0.1, -0.05) is 36.1 Å². The Bertz CT molecular complexity index is 2900. The number of nitrogens with zero attached hydrogens (tertiary/aromatic N) is 5. The molecule has 2 unspecified atom stereocenters. The van der Waals surface area contributed by atoms with E-state index in [4.69, 9.17) is 0 Å². The summed E-state index contributed by atoms with van der Waals surface area (Å²) in [6.45, 7) is 2.96. The Labute approximate surface area is 374 Å². The van der Waals surface area contributed by atoms with Gasteiger partial charge >= 0.3 is 5.69 Å². The minimum Gasteiger partial charge on any atom is -0.355 e. The van der Waals surface area contributed by atoms with Gasteiger partial charge in [-0.25, -0.2) is 14.6 Å². The standard InChI is InChI=1S/C49H50FN9O6/c1-51-46(62)32-8-4-9-33(27-32)52-48(64)44-42-37(56(3)54-44)17-16-36(43(42)50)35-15-14-34(58-23-6-11-41(58)61)28-31(35)13-12-29-20-24-57(25-21-29)26-22-30-7-5-10-38-45(30)55(2)49(65)59(38)39-18-19-40(60)53-47(39)63/h4-5,7-10,14-17,27-29,39,44,54H,6,11,18-26H2,1-3H3,(H,51,62)(H,52,64)(H,53,60,63). The maximum absolute atomic E-state index is 17.1. The molecule has 5 heterocycles. The molecular weight excluding hydrogens is 830 g/mol. The smallest absolute Gasteiger partial charge is 0.329 e. The fraction of sp³-hybridized carbons (Fsp3) is 0.347. The SMILES string of the molecule is CNC(=O)c1cccc(NC(=O)C2NN(C)c3ccc(-c4ccc(N5CCCC5=O)cc4C#CC4CCN(CCc5cccc6c5n(C)c(=O)n6C5CCC(=O)NC5=O)CC4)c(F)c32)c1. The van der Waals surface area contributed by atoms with Crippen LogP contribution in [0.25, 0.3) is 22.2 Å². The van der Waals surface area contributed by atoms with E-state index in [2.05, 4.69) is 38.1 Å². The maximum Gasteiger partial charge on any atom is 0.329 e. The van der Waals surface area contributed by atoms with Gasteiger partial charge in [-0.05, 0) is 99.3 Å². The van der Waals surface area contributed by atoms with Crippen molar-refractivity contribution in [2.45, 2.75) is 57.0 Å². The first kappa shape index (κ1) is 43.2. The molecule has 0 bridgehead atoms. The fourth-order valence-corrected chi connectivity index (χ4v) is 9.64. The number of halogens is 1. The number of nitrogens with one attached hydrogen (secondary N) is 4. The number of para-hydroxylation sites is 1. The van der Waals surface area contributed by atoms with Crippen molar-refractivity contribution in [1.82, 2.24) is 30.1 Å². The summed E-state index contributed by atoms with van der Waals surface area (Å²) in [4.78, 5) is 81.0. The first-order chi connectivity index (χ1) is 31.4. The molecule has 1 aromatic heterocycles. The van der Waals surface area contributed by atoms with Crippen molar-refractivity contribution in [2.24, 2.45) is 13.0 Å². The molecule has 16 heteroatoms. The molecule has 4 aliphatic rings. The zero-order valence-electron chi connectivity index (χ0n) is 36.5. The highest BCUT2D eigenvalue weighted by Crippen LogP contribution is 2.41. The van der Waals surface area contributed by atoms with Crippen molar-refractivity contribution in [3.63, 3.8) is 0 Å². The number of aryl methyl sites for hydroxylation is 1. The number of carbonyl (C=O) groups excluding carboxylic acids is 5. The van der Waals surface area contributed by atoms with Crippen molar-refractivity contribution in [1.29, 1.82) is 0 Å². The first-order valence-corrected chi connectivity index (χ1v) is 22.1. The quantitative estimate of drug-likeness (QED) is 0.123. The molecule has 65 heavy (non-hydrogen) atoms. The minimum absolute atomic E-state index is 0.0295. The van der Waals surface area contributed by atoms with Gasteiger partial charge in [-0.3, -0.25) is 38.4 Å². The van der Waals surface area contributed by atoms with Gasteiger partial charge in [0.25, 0.3) is 5.91 Å². The predicted octanol–water partition coefficient (Wildman–Crippen LogP) is 4.55. The normalized spacial score (nSPS) is 19.0. The van der Waals surface area contributed by atoms with Crippen LogP contribution in [0.5, 0.6) is 0 Å². The molecule has 3 fully saturated rings. The molecule has 0 aliphatic carbocycles. The number of anilines is 3. The Morgan fingerprint density at radius 2 is 1.68 bits per heavy atom. The van der Waals surface area contributed by atoms with Gasteiger partial charge in [0.05, 0.1) is 16.7 Å². The minimum atomic E-state index is -1.07. The number of imidazole rings is 1. The summed E-state index contributed by atoms with van der Waals surface area (Å²) in [6.07, 6.45) is 3.99. The molecule has 15 nitrogen and oxygen atoms in total. The molecule has 0 radical (unpaired) electrons. The number of hydrogen-bond acceptors (Lipinski definition) is 9. The van der Waals surface area contributed by atoms with E-state index in [1.54, 1.807) is 71.0 Å². The number of hydrogen-bond donors (Lipinski definition) is 4. The second-order valence-corrected chi connectivity index (χ2v) is 17.1. The lowest BCUT2D eigenvalue weighted by Crippen LogP contribution is -2.44. The summed E-state index contributed by atoms with van der Waals surface area (Å²) >= 11 is 0. The lowest BCUT2D eigenvalue weighted by Gasteiger charge is -2.29. The summed E-state index contributed by atoms with van der Waals surface area (Å²) < 4.78 is 20.2. The highest BCUT2D eigenvalue weighted by molar-refractivity contribution is 6.01. The number of piperidine rings is 2. The maximum atomic E-state index is 17.1. The van der Waals surface area contributed by atoms with E-state index in [1.807, 2.05) is 30.3 Å². The zero-order valence-corrected chi connectivity index (χ0v) is 36.5. The van der Waals surface area contributed by atoms with Crippen LogP contribution in [0.15, 0.2) is 77.6 Å². The summed E-state index contributed by atoms with van der Waals surface area (Å²) in [6, 6.07) is 19.4. The Morgan fingerprint density at radius 1 is 0.892 bits per heavy atom. The summed E-state index contributed by atoms with van der Waals surface area (Å²) in [7, 11) is 4.96. The number of fused-ring (bicyclic) bond motifs is 2. The van der Waals surface area contributed by atoms with Crippen molar-refractivity contribution in [3.05, 3.63) is 111 Å². The number of hydrazine groups is 1. The second kappa shape index (κ2) is 17.8. The van der Waals surface area contributed by atoms with Gasteiger partial charge < -0.3 is 25.4 Å². The number of imide groups is 1. The molecule has 334 valence electrons. The fourth-order valence-electron chi connectivity index (χ4n) is 9.64. The van der Waals surface area contributed by atoms with E-state index in [0.717, 1.165) is 50.0 Å². The van der Waals surface area contributed by atoms with Crippen LogP contribution in [0.4, 0.5) is 21.5 Å². The molecule has 4 aliphatic heterocycles. The van der Waals surface area contributed by atoms with Crippen molar-refractivity contribution >= 4 is 57.6 Å². The highest BCUT2D eigenvalue weighted by Gasteiger charge is 2.37. The van der Waals surface area contributed by atoms with Crippen LogP contribution in [0.3, 0.4) is 0 Å². The average molecular weight is 880 g/mol. The Balaban J connectivity index is 0.934. The number of rotatable bonds is 9. The van der Waals surface area contributed by atoms with E-state index >= 15 is 4.39 Å². The third-order valence-electron chi connectivity index (χ3n) is 13.1. The van der Waals surface area contributed by atoms with Gasteiger partial charge in [0, 0.05) is 92.2 Å². The molecule has 0 saturated carbocycles. The van der Waals surface area contributed by atoms with Gasteiger partial charge in [0.2, 0.25) is 23.6 Å².